The Hall–Kier alpha value is -11.5. The van der Waals surface area contributed by atoms with Gasteiger partial charge in [-0.3, -0.25) is 0 Å². The number of phenolic OH excluding ortho intramolecular Hbond substituents is 1. The van der Waals surface area contributed by atoms with E-state index in [0.29, 0.717) is 38.9 Å². The summed E-state index contributed by atoms with van der Waals surface area (Å²) < 4.78 is 51.9. The van der Waals surface area contributed by atoms with E-state index in [1.54, 1.807) is 91.9 Å². The molecule has 0 fully saturated rings. The van der Waals surface area contributed by atoms with Gasteiger partial charge >= 0.3 is 23.9 Å². The second-order valence-corrected chi connectivity index (χ2v) is 18.0. The fourth-order valence-electron chi connectivity index (χ4n) is 7.94. The van der Waals surface area contributed by atoms with Crippen molar-refractivity contribution in [3.63, 3.8) is 0 Å². The van der Waals surface area contributed by atoms with Crippen LogP contribution in [0.4, 0.5) is 17.6 Å². The van der Waals surface area contributed by atoms with E-state index >= 15 is 0 Å². The van der Waals surface area contributed by atoms with E-state index in [4.69, 9.17) is 25.5 Å². The molecule has 9 N–H and O–H groups in total. The maximum atomic E-state index is 13.2. The smallest absolute Gasteiger partial charge is 0.339 e. The Bertz CT molecular complexity index is 3980. The molecule has 0 bridgehead atoms. The quantitative estimate of drug-likeness (QED) is 0.0457. The van der Waals surface area contributed by atoms with E-state index in [0.717, 1.165) is 27.8 Å². The van der Waals surface area contributed by atoms with Gasteiger partial charge in [0.2, 0.25) is 0 Å². The van der Waals surface area contributed by atoms with Crippen LogP contribution >= 0.6 is 0 Å². The molecular formula is C67H50F4O13. The van der Waals surface area contributed by atoms with E-state index in [2.05, 4.69) is 6.58 Å². The van der Waals surface area contributed by atoms with Gasteiger partial charge in [0, 0.05) is 11.1 Å². The summed E-state index contributed by atoms with van der Waals surface area (Å²) in [6.07, 6.45) is 0. The van der Waals surface area contributed by atoms with Gasteiger partial charge in [0.05, 0.1) is 5.56 Å². The minimum atomic E-state index is -1.22. The Labute approximate surface area is 477 Å². The molecule has 0 aliphatic heterocycles. The second-order valence-electron chi connectivity index (χ2n) is 18.0. The van der Waals surface area contributed by atoms with Crippen molar-refractivity contribution >= 4 is 29.6 Å². The lowest BCUT2D eigenvalue weighted by Gasteiger charge is -2.08. The highest BCUT2D eigenvalue weighted by atomic mass is 19.1. The van der Waals surface area contributed by atoms with Crippen LogP contribution in [-0.4, -0.2) is 69.8 Å². The number of aliphatic hydroxyl groups excluding tert-OH is 1. The summed E-state index contributed by atoms with van der Waals surface area (Å²) in [4.78, 5) is 43.3. The van der Waals surface area contributed by atoms with E-state index in [9.17, 15) is 57.2 Å². The molecule has 0 amide bonds. The molecule has 10 aromatic carbocycles. The summed E-state index contributed by atoms with van der Waals surface area (Å²) in [5, 5.41) is 82.3. The summed E-state index contributed by atoms with van der Waals surface area (Å²) in [6, 6.07) is 56.0. The first-order chi connectivity index (χ1) is 40.0. The van der Waals surface area contributed by atoms with Gasteiger partial charge in [-0.2, -0.15) is 0 Å². The van der Waals surface area contributed by atoms with Gasteiger partial charge in [-0.25, -0.2) is 36.7 Å². The Balaban J connectivity index is 0.000000168. The van der Waals surface area contributed by atoms with Gasteiger partial charge < -0.3 is 46.0 Å². The van der Waals surface area contributed by atoms with Crippen LogP contribution in [-0.2, 0) is 0 Å². The largest absolute Gasteiger partial charge is 0.508 e. The van der Waals surface area contributed by atoms with E-state index in [1.165, 1.54) is 103 Å². The number of hydrogen-bond donors (Lipinski definition) is 9. The molecular weight excluding hydrogens is 1090 g/mol. The molecule has 0 aromatic heterocycles. The number of para-hydroxylation sites is 1. The van der Waals surface area contributed by atoms with Crippen LogP contribution in [0.3, 0.4) is 0 Å². The average molecular weight is 1140 g/mol. The van der Waals surface area contributed by atoms with Gasteiger partial charge in [-0.15, -0.1) is 0 Å². The Morgan fingerprint density at radius 3 is 1.27 bits per heavy atom. The summed E-state index contributed by atoms with van der Waals surface area (Å²) in [5.41, 5.74) is 8.09. The van der Waals surface area contributed by atoms with E-state index in [-0.39, 0.29) is 62.6 Å². The number of benzene rings is 10. The van der Waals surface area contributed by atoms with Crippen LogP contribution in [0.5, 0.6) is 23.0 Å². The molecule has 84 heavy (non-hydrogen) atoms. The number of phenols is 4. The zero-order chi connectivity index (χ0) is 61.2. The molecule has 0 spiro atoms. The SMILES string of the molecule is C=C(O)c1ccc(-c2ccc(O)c(F)c2)cc1.Cc1cc(F)ccc1-c1ccc(O)c(C(=O)O)c1.O=C(O)c1cc(-c2cccc(F)c2)ccc1O.O=C(O)c1ccc(-c2ccc(F)cc2)cc1.O=C(O)c1cccc(-c2ccccc2)c1O. The molecule has 0 saturated heterocycles. The molecule has 0 heterocycles. The maximum absolute atomic E-state index is 13.2. The topological polar surface area (TPSA) is 250 Å². The van der Waals surface area contributed by atoms with Crippen molar-refractivity contribution in [1.82, 2.24) is 0 Å². The summed E-state index contributed by atoms with van der Waals surface area (Å²) in [6.45, 7) is 5.16. The Morgan fingerprint density at radius 1 is 0.333 bits per heavy atom. The number of carboxylic acids is 4. The van der Waals surface area contributed by atoms with Crippen molar-refractivity contribution in [2.75, 3.05) is 0 Å². The summed E-state index contributed by atoms with van der Waals surface area (Å²) in [7, 11) is 0. The lowest BCUT2D eigenvalue weighted by atomic mass is 9.98. The van der Waals surface area contributed by atoms with Gasteiger partial charge in [0.1, 0.15) is 57.1 Å². The van der Waals surface area contributed by atoms with Gasteiger partial charge in [-0.1, -0.05) is 134 Å². The first-order valence-corrected chi connectivity index (χ1v) is 24.8. The highest BCUT2D eigenvalue weighted by molar-refractivity contribution is 5.95. The van der Waals surface area contributed by atoms with Crippen molar-refractivity contribution in [2.45, 2.75) is 6.92 Å². The molecule has 0 aliphatic carbocycles. The molecule has 13 nitrogen and oxygen atoms in total. The standard InChI is InChI=1S/C14H11FO3.C14H11FO2.C13H9FO3.C13H9FO2.C13H10O3/c1-8-6-10(15)3-4-11(8)9-2-5-13(16)12(7-9)14(17)18;1-9(16)10-2-4-11(5-3-10)12-6-7-14(17)13(15)8-12;14-10-3-1-2-8(6-10)9-4-5-12(15)11(7-9)13(16)17;14-12-7-5-10(6-8-12)9-1-3-11(4-2-9)13(15)16;14-12-10(9-5-2-1-3-6-9)7-4-8-11(12)13(15)16/h2-7,16H,1H3,(H,17,18);2-8,16-17H,1H2;1-7,15H,(H,16,17);1-8H,(H,15,16);1-8,14H,(H,15,16). The van der Waals surface area contributed by atoms with Gasteiger partial charge in [-0.05, 0) is 154 Å². The number of hydrogen-bond acceptors (Lipinski definition) is 9. The fraction of sp³-hybridized carbons (Fsp3) is 0.0149. The third-order valence-corrected chi connectivity index (χ3v) is 12.3. The van der Waals surface area contributed by atoms with E-state index in [1.807, 2.05) is 30.3 Å². The molecule has 17 heteroatoms. The van der Waals surface area contributed by atoms with Gasteiger partial charge in [0.25, 0.3) is 0 Å². The third-order valence-electron chi connectivity index (χ3n) is 12.3. The van der Waals surface area contributed by atoms with Crippen LogP contribution < -0.4 is 0 Å². The minimum Gasteiger partial charge on any atom is -0.508 e. The van der Waals surface area contributed by atoms with Crippen molar-refractivity contribution in [3.8, 4) is 78.6 Å². The highest BCUT2D eigenvalue weighted by Gasteiger charge is 2.16. The van der Waals surface area contributed by atoms with Crippen molar-refractivity contribution in [2.24, 2.45) is 0 Å². The lowest BCUT2D eigenvalue weighted by Crippen LogP contribution is -1.97. The number of carboxylic acid groups (broad SMARTS) is 4. The number of halogens is 4. The molecule has 10 aromatic rings. The van der Waals surface area contributed by atoms with Crippen LogP contribution in [0.15, 0.2) is 225 Å². The normalized spacial score (nSPS) is 10.2. The molecule has 0 atom stereocenters. The average Bonchev–Trinajstić information content (AvgIpc) is 3.68. The fourth-order valence-corrected chi connectivity index (χ4v) is 7.94. The number of aromatic hydroxyl groups is 4. The van der Waals surface area contributed by atoms with Crippen LogP contribution in [0.1, 0.15) is 52.6 Å². The maximum Gasteiger partial charge on any atom is 0.339 e. The molecule has 0 radical (unpaired) electrons. The predicted octanol–water partition coefficient (Wildman–Crippen LogP) is 15.8. The second kappa shape index (κ2) is 28.6. The number of aliphatic hydroxyl groups is 1. The summed E-state index contributed by atoms with van der Waals surface area (Å²) in [5.74, 6) is -7.34. The van der Waals surface area contributed by atoms with Crippen molar-refractivity contribution < 1.29 is 82.7 Å². The number of carbonyl (C=O) groups is 4. The molecule has 0 aliphatic rings. The first kappa shape index (κ1) is 61.7. The van der Waals surface area contributed by atoms with Crippen molar-refractivity contribution in [1.29, 1.82) is 0 Å². The Morgan fingerprint density at radius 2 is 0.762 bits per heavy atom. The third kappa shape index (κ3) is 16.8. The monoisotopic (exact) mass is 1140 g/mol. The number of aryl methyl sites for hydroxylation is 1. The Kier molecular flexibility index (Phi) is 21.0. The van der Waals surface area contributed by atoms with Crippen LogP contribution in [0, 0.1) is 30.2 Å². The number of rotatable bonds is 10. The predicted molar refractivity (Wildman–Crippen MR) is 310 cm³/mol. The molecule has 0 unspecified atom stereocenters. The number of aromatic carboxylic acids is 4. The van der Waals surface area contributed by atoms with Gasteiger partial charge in [0.15, 0.2) is 11.6 Å². The zero-order valence-corrected chi connectivity index (χ0v) is 44.2. The molecule has 10 rings (SSSR count). The first-order valence-electron chi connectivity index (χ1n) is 24.8. The van der Waals surface area contributed by atoms with Crippen molar-refractivity contribution in [3.05, 3.63) is 282 Å². The molecule has 424 valence electrons. The minimum absolute atomic E-state index is 0.00608. The zero-order valence-electron chi connectivity index (χ0n) is 44.2. The highest BCUT2D eigenvalue weighted by Crippen LogP contribution is 2.33. The van der Waals surface area contributed by atoms with E-state index < -0.39 is 35.5 Å². The molecule has 0 saturated carbocycles. The van der Waals surface area contributed by atoms with Crippen LogP contribution in [0.25, 0.3) is 61.4 Å². The van der Waals surface area contributed by atoms with Crippen LogP contribution in [0.2, 0.25) is 0 Å². The summed E-state index contributed by atoms with van der Waals surface area (Å²) >= 11 is 0. The lowest BCUT2D eigenvalue weighted by molar-refractivity contribution is 0.0682.